The molecule has 0 bridgehead atoms. The molecule has 1 aromatic carbocycles. The van der Waals surface area contributed by atoms with E-state index in [1.807, 2.05) is 4.72 Å². The highest BCUT2D eigenvalue weighted by Crippen LogP contribution is 2.31. The van der Waals surface area contributed by atoms with Crippen LogP contribution in [-0.4, -0.2) is 32.3 Å². The van der Waals surface area contributed by atoms with Crippen LogP contribution in [-0.2, 0) is 14.8 Å². The molecule has 110 valence electrons. The van der Waals surface area contributed by atoms with Gasteiger partial charge in [0.1, 0.15) is 5.69 Å². The van der Waals surface area contributed by atoms with Gasteiger partial charge in [-0.25, -0.2) is 13.1 Å². The number of hydrogen-bond acceptors (Lipinski definition) is 6. The standard InChI is InChI=1S/C10H14N4O5S/c1-2-12-7-4-3-5-8(10(7)14(16)17)20(18,19)13-6-9(11)15/h3-5,12-13H,2,6H2,1H3,(H2,11,15). The van der Waals surface area contributed by atoms with Gasteiger partial charge in [0.2, 0.25) is 15.9 Å². The Balaban J connectivity index is 3.33. The van der Waals surface area contributed by atoms with Gasteiger partial charge in [0.25, 0.3) is 0 Å². The lowest BCUT2D eigenvalue weighted by molar-refractivity contribution is -0.386. The third-order valence-corrected chi connectivity index (χ3v) is 3.71. The molecule has 10 heteroatoms. The third-order valence-electron chi connectivity index (χ3n) is 2.27. The Bertz CT molecular complexity index is 629. The molecule has 4 N–H and O–H groups in total. The summed E-state index contributed by atoms with van der Waals surface area (Å²) in [6, 6.07) is 3.85. The molecule has 0 aliphatic heterocycles. The average molecular weight is 302 g/mol. The number of nitrogens with two attached hydrogens (primary N) is 1. The van der Waals surface area contributed by atoms with E-state index in [0.29, 0.717) is 6.54 Å². The number of nitrogens with zero attached hydrogens (tertiary/aromatic N) is 1. The topological polar surface area (TPSA) is 144 Å². The number of para-hydroxylation sites is 1. The van der Waals surface area contributed by atoms with E-state index in [9.17, 15) is 23.3 Å². The smallest absolute Gasteiger partial charge is 0.312 e. The Labute approximate surface area is 115 Å². The second-order valence-electron chi connectivity index (χ2n) is 3.73. The Hall–Kier alpha value is -2.20. The zero-order chi connectivity index (χ0) is 15.3. The first-order valence-electron chi connectivity index (χ1n) is 5.58. The Morgan fingerprint density at radius 3 is 2.60 bits per heavy atom. The number of sulfonamides is 1. The predicted octanol–water partition coefficient (Wildman–Crippen LogP) is -0.210. The van der Waals surface area contributed by atoms with Gasteiger partial charge in [-0.1, -0.05) is 6.07 Å². The van der Waals surface area contributed by atoms with Gasteiger partial charge in [-0.3, -0.25) is 14.9 Å². The fourth-order valence-corrected chi connectivity index (χ4v) is 2.69. The molecule has 0 radical (unpaired) electrons. The van der Waals surface area contributed by atoms with Gasteiger partial charge in [0.15, 0.2) is 4.90 Å². The first-order chi connectivity index (χ1) is 9.29. The molecule has 20 heavy (non-hydrogen) atoms. The first-order valence-corrected chi connectivity index (χ1v) is 7.07. The molecule has 1 rings (SSSR count). The number of primary amides is 1. The predicted molar refractivity (Wildman–Crippen MR) is 71.6 cm³/mol. The summed E-state index contributed by atoms with van der Waals surface area (Å²) < 4.78 is 25.8. The second kappa shape index (κ2) is 6.30. The van der Waals surface area contributed by atoms with Gasteiger partial charge >= 0.3 is 5.69 Å². The van der Waals surface area contributed by atoms with Crippen molar-refractivity contribution in [1.29, 1.82) is 0 Å². The van der Waals surface area contributed by atoms with E-state index < -0.39 is 38.0 Å². The molecule has 0 unspecified atom stereocenters. The van der Waals surface area contributed by atoms with Crippen LogP contribution in [0, 0.1) is 10.1 Å². The molecule has 1 aromatic rings. The molecular weight excluding hydrogens is 288 g/mol. The van der Waals surface area contributed by atoms with Crippen molar-refractivity contribution in [3.8, 4) is 0 Å². The van der Waals surface area contributed by atoms with Gasteiger partial charge in [-0.15, -0.1) is 0 Å². The number of anilines is 1. The lowest BCUT2D eigenvalue weighted by Gasteiger charge is -2.09. The molecule has 0 aliphatic rings. The van der Waals surface area contributed by atoms with Crippen LogP contribution < -0.4 is 15.8 Å². The van der Waals surface area contributed by atoms with E-state index in [2.05, 4.69) is 5.32 Å². The van der Waals surface area contributed by atoms with E-state index >= 15 is 0 Å². The molecule has 0 saturated carbocycles. The van der Waals surface area contributed by atoms with Crippen LogP contribution in [0.2, 0.25) is 0 Å². The fourth-order valence-electron chi connectivity index (χ4n) is 1.50. The van der Waals surface area contributed by atoms with Crippen LogP contribution in [0.1, 0.15) is 6.92 Å². The molecule has 0 heterocycles. The van der Waals surface area contributed by atoms with Crippen molar-refractivity contribution >= 4 is 27.3 Å². The van der Waals surface area contributed by atoms with E-state index in [0.717, 1.165) is 6.07 Å². The number of nitro benzene ring substituents is 1. The van der Waals surface area contributed by atoms with Crippen LogP contribution >= 0.6 is 0 Å². The maximum atomic E-state index is 12.0. The minimum absolute atomic E-state index is 0.0828. The van der Waals surface area contributed by atoms with E-state index in [-0.39, 0.29) is 5.69 Å². The van der Waals surface area contributed by atoms with Gasteiger partial charge in [-0.2, -0.15) is 0 Å². The largest absolute Gasteiger partial charge is 0.380 e. The number of carbonyl (C=O) groups is 1. The van der Waals surface area contributed by atoms with Crippen molar-refractivity contribution in [2.45, 2.75) is 11.8 Å². The molecule has 0 aliphatic carbocycles. The van der Waals surface area contributed by atoms with Crippen molar-refractivity contribution in [2.75, 3.05) is 18.4 Å². The number of nitro groups is 1. The summed E-state index contributed by atoms with van der Waals surface area (Å²) in [5, 5.41) is 13.8. The highest BCUT2D eigenvalue weighted by atomic mass is 32.2. The van der Waals surface area contributed by atoms with Gasteiger partial charge in [0, 0.05) is 6.54 Å². The van der Waals surface area contributed by atoms with Crippen LogP contribution in [0.15, 0.2) is 23.1 Å². The van der Waals surface area contributed by atoms with Crippen molar-refractivity contribution in [2.24, 2.45) is 5.73 Å². The highest BCUT2D eigenvalue weighted by molar-refractivity contribution is 7.89. The Morgan fingerprint density at radius 2 is 2.10 bits per heavy atom. The Morgan fingerprint density at radius 1 is 1.45 bits per heavy atom. The quantitative estimate of drug-likeness (QED) is 0.469. The van der Waals surface area contributed by atoms with Crippen molar-refractivity contribution in [1.82, 2.24) is 4.72 Å². The maximum Gasteiger partial charge on any atom is 0.312 e. The maximum absolute atomic E-state index is 12.0. The van der Waals surface area contributed by atoms with Gasteiger partial charge < -0.3 is 11.1 Å². The molecular formula is C10H14N4O5S. The van der Waals surface area contributed by atoms with Crippen LogP contribution in [0.5, 0.6) is 0 Å². The molecule has 9 nitrogen and oxygen atoms in total. The van der Waals surface area contributed by atoms with E-state index in [1.165, 1.54) is 12.1 Å². The summed E-state index contributed by atoms with van der Waals surface area (Å²) in [5.74, 6) is -0.890. The number of carbonyl (C=O) groups excluding carboxylic acids is 1. The molecule has 1 amide bonds. The van der Waals surface area contributed by atoms with Gasteiger partial charge in [-0.05, 0) is 19.1 Å². The van der Waals surface area contributed by atoms with Crippen molar-refractivity contribution in [3.63, 3.8) is 0 Å². The third kappa shape index (κ3) is 3.65. The zero-order valence-corrected chi connectivity index (χ0v) is 11.4. The number of rotatable bonds is 7. The van der Waals surface area contributed by atoms with Gasteiger partial charge in [0.05, 0.1) is 11.5 Å². The van der Waals surface area contributed by atoms with Crippen molar-refractivity contribution < 1.29 is 18.1 Å². The summed E-state index contributed by atoms with van der Waals surface area (Å²) in [6.07, 6.45) is 0. The van der Waals surface area contributed by atoms with E-state index in [1.54, 1.807) is 6.92 Å². The first kappa shape index (κ1) is 15.9. The molecule has 0 aromatic heterocycles. The summed E-state index contributed by atoms with van der Waals surface area (Å²) >= 11 is 0. The normalized spacial score (nSPS) is 11.1. The second-order valence-corrected chi connectivity index (χ2v) is 5.47. The molecule has 0 saturated heterocycles. The number of hydrogen-bond donors (Lipinski definition) is 3. The molecule has 0 spiro atoms. The number of benzene rings is 1. The Kier molecular flexibility index (Phi) is 5.00. The monoisotopic (exact) mass is 302 g/mol. The zero-order valence-electron chi connectivity index (χ0n) is 10.6. The van der Waals surface area contributed by atoms with E-state index in [4.69, 9.17) is 5.73 Å². The molecule has 0 atom stereocenters. The lowest BCUT2D eigenvalue weighted by atomic mass is 10.2. The van der Waals surface area contributed by atoms with Crippen LogP contribution in [0.25, 0.3) is 0 Å². The lowest BCUT2D eigenvalue weighted by Crippen LogP contribution is -2.33. The summed E-state index contributed by atoms with van der Waals surface area (Å²) in [4.78, 5) is 20.4. The SMILES string of the molecule is CCNc1cccc(S(=O)(=O)NCC(N)=O)c1[N+](=O)[O-]. The van der Waals surface area contributed by atoms with Crippen LogP contribution in [0.4, 0.5) is 11.4 Å². The summed E-state index contributed by atoms with van der Waals surface area (Å²) in [5.41, 5.74) is 4.35. The van der Waals surface area contributed by atoms with Crippen molar-refractivity contribution in [3.05, 3.63) is 28.3 Å². The summed E-state index contributed by atoms with van der Waals surface area (Å²) in [7, 11) is -4.20. The number of amides is 1. The minimum Gasteiger partial charge on any atom is -0.380 e. The van der Waals surface area contributed by atoms with Crippen LogP contribution in [0.3, 0.4) is 0 Å². The minimum atomic E-state index is -4.20. The highest BCUT2D eigenvalue weighted by Gasteiger charge is 2.28. The fraction of sp³-hybridized carbons (Fsp3) is 0.300. The summed E-state index contributed by atoms with van der Waals surface area (Å²) in [6.45, 7) is 1.47. The number of nitrogens with one attached hydrogen (secondary N) is 2. The molecule has 0 fully saturated rings. The average Bonchev–Trinajstić information content (AvgIpc) is 2.36.